The molecule has 29 heavy (non-hydrogen) atoms. The van der Waals surface area contributed by atoms with Crippen molar-refractivity contribution < 1.29 is 14.3 Å². The number of aryl methyl sites for hydroxylation is 1. The molecule has 0 fully saturated rings. The number of nitrogens with zero attached hydrogens (tertiary/aromatic N) is 2. The molecule has 1 amide bonds. The van der Waals surface area contributed by atoms with E-state index in [0.29, 0.717) is 10.7 Å². The molecule has 0 unspecified atom stereocenters. The summed E-state index contributed by atoms with van der Waals surface area (Å²) in [5.41, 5.74) is 3.62. The van der Waals surface area contributed by atoms with Crippen LogP contribution in [0.1, 0.15) is 17.0 Å². The Labute approximate surface area is 178 Å². The van der Waals surface area contributed by atoms with Gasteiger partial charge in [0.1, 0.15) is 0 Å². The smallest absolute Gasteiger partial charge is 0.310 e. The Balaban J connectivity index is 1.61. The Morgan fingerprint density at radius 2 is 1.79 bits per heavy atom. The van der Waals surface area contributed by atoms with Crippen molar-refractivity contribution in [2.45, 2.75) is 20.3 Å². The van der Waals surface area contributed by atoms with E-state index >= 15 is 0 Å². The molecule has 3 aromatic rings. The molecule has 0 aliphatic carbocycles. The number of rotatable bonds is 6. The maximum absolute atomic E-state index is 12.3. The highest BCUT2D eigenvalue weighted by molar-refractivity contribution is 6.44. The maximum Gasteiger partial charge on any atom is 0.310 e. The van der Waals surface area contributed by atoms with Crippen LogP contribution in [-0.2, 0) is 20.7 Å². The number of carbonyl (C=O) groups is 2. The third-order valence-corrected chi connectivity index (χ3v) is 5.17. The minimum absolute atomic E-state index is 0.0235. The fourth-order valence-electron chi connectivity index (χ4n) is 2.88. The molecule has 0 spiro atoms. The number of para-hydroxylation sites is 1. The molecule has 0 saturated heterocycles. The number of anilines is 1. The Kier molecular flexibility index (Phi) is 6.56. The van der Waals surface area contributed by atoms with Crippen molar-refractivity contribution in [1.29, 1.82) is 0 Å². The van der Waals surface area contributed by atoms with Gasteiger partial charge in [-0.05, 0) is 38.1 Å². The number of benzene rings is 2. The number of hydrogen-bond acceptors (Lipinski definition) is 4. The van der Waals surface area contributed by atoms with Crippen LogP contribution in [-0.4, -0.2) is 28.3 Å². The standard InChI is InChI=1S/C21H19Cl2N3O3/c1-13-16(14(2)26(25-13)15-7-4-3-5-8-15)11-20(28)29-12-19(27)24-18-10-6-9-17(22)21(18)23/h3-10H,11-12H2,1-2H3,(H,24,27). The monoisotopic (exact) mass is 431 g/mol. The van der Waals surface area contributed by atoms with Gasteiger partial charge in [0.2, 0.25) is 0 Å². The summed E-state index contributed by atoms with van der Waals surface area (Å²) in [6.45, 7) is 3.30. The van der Waals surface area contributed by atoms with Gasteiger partial charge < -0.3 is 10.1 Å². The summed E-state index contributed by atoms with van der Waals surface area (Å²) in [5, 5.41) is 7.63. The second-order valence-corrected chi connectivity index (χ2v) is 7.17. The average molecular weight is 432 g/mol. The zero-order chi connectivity index (χ0) is 21.0. The first-order valence-electron chi connectivity index (χ1n) is 8.87. The number of amides is 1. The summed E-state index contributed by atoms with van der Waals surface area (Å²) in [7, 11) is 0. The van der Waals surface area contributed by atoms with E-state index in [9.17, 15) is 9.59 Å². The van der Waals surface area contributed by atoms with Gasteiger partial charge in [-0.1, -0.05) is 47.5 Å². The van der Waals surface area contributed by atoms with Gasteiger partial charge in [-0.2, -0.15) is 5.10 Å². The van der Waals surface area contributed by atoms with Gasteiger partial charge in [0.05, 0.1) is 33.5 Å². The summed E-state index contributed by atoms with van der Waals surface area (Å²) in [4.78, 5) is 24.3. The molecule has 150 valence electrons. The average Bonchev–Trinajstić information content (AvgIpc) is 2.99. The van der Waals surface area contributed by atoms with Crippen molar-refractivity contribution in [2.24, 2.45) is 0 Å². The summed E-state index contributed by atoms with van der Waals surface area (Å²) in [5.74, 6) is -1.02. The number of hydrogen-bond donors (Lipinski definition) is 1. The zero-order valence-electron chi connectivity index (χ0n) is 15.9. The summed E-state index contributed by atoms with van der Waals surface area (Å²) in [6, 6.07) is 14.5. The summed E-state index contributed by atoms with van der Waals surface area (Å²) in [6.07, 6.45) is 0.0235. The molecular formula is C21H19Cl2N3O3. The van der Waals surface area contributed by atoms with Crippen LogP contribution in [0, 0.1) is 13.8 Å². The molecular weight excluding hydrogens is 413 g/mol. The van der Waals surface area contributed by atoms with E-state index in [1.165, 1.54) is 0 Å². The molecule has 1 N–H and O–H groups in total. The molecule has 3 rings (SSSR count). The Hall–Kier alpha value is -2.83. The lowest BCUT2D eigenvalue weighted by Crippen LogP contribution is -2.22. The molecule has 0 radical (unpaired) electrons. The fourth-order valence-corrected chi connectivity index (χ4v) is 3.23. The Morgan fingerprint density at radius 3 is 2.52 bits per heavy atom. The number of esters is 1. The highest BCUT2D eigenvalue weighted by atomic mass is 35.5. The fraction of sp³-hybridized carbons (Fsp3) is 0.190. The zero-order valence-corrected chi connectivity index (χ0v) is 17.4. The quantitative estimate of drug-likeness (QED) is 0.582. The molecule has 0 aliphatic heterocycles. The van der Waals surface area contributed by atoms with Gasteiger partial charge in [0.25, 0.3) is 5.91 Å². The third kappa shape index (κ3) is 4.96. The number of nitrogens with one attached hydrogen (secondary N) is 1. The van der Waals surface area contributed by atoms with Crippen LogP contribution in [0.5, 0.6) is 0 Å². The van der Waals surface area contributed by atoms with E-state index in [0.717, 1.165) is 22.6 Å². The second kappa shape index (κ2) is 9.11. The van der Waals surface area contributed by atoms with E-state index in [-0.39, 0.29) is 11.4 Å². The van der Waals surface area contributed by atoms with Gasteiger partial charge in [-0.3, -0.25) is 9.59 Å². The topological polar surface area (TPSA) is 73.2 Å². The van der Waals surface area contributed by atoms with Crippen LogP contribution < -0.4 is 5.32 Å². The van der Waals surface area contributed by atoms with Crippen molar-refractivity contribution in [2.75, 3.05) is 11.9 Å². The molecule has 1 heterocycles. The van der Waals surface area contributed by atoms with Gasteiger partial charge in [0, 0.05) is 11.3 Å². The van der Waals surface area contributed by atoms with E-state index in [4.69, 9.17) is 27.9 Å². The lowest BCUT2D eigenvalue weighted by molar-refractivity contribution is -0.146. The molecule has 1 aromatic heterocycles. The van der Waals surface area contributed by atoms with Crippen molar-refractivity contribution in [3.05, 3.63) is 75.5 Å². The van der Waals surface area contributed by atoms with E-state index in [1.54, 1.807) is 22.9 Å². The van der Waals surface area contributed by atoms with Crippen LogP contribution in [0.25, 0.3) is 5.69 Å². The Bertz CT molecular complexity index is 1050. The molecule has 0 bridgehead atoms. The lowest BCUT2D eigenvalue weighted by Gasteiger charge is -2.09. The number of halogens is 2. The number of carbonyl (C=O) groups excluding carboxylic acids is 2. The third-order valence-electron chi connectivity index (χ3n) is 4.35. The highest BCUT2D eigenvalue weighted by Crippen LogP contribution is 2.29. The molecule has 0 aliphatic rings. The van der Waals surface area contributed by atoms with Gasteiger partial charge in [-0.15, -0.1) is 0 Å². The minimum Gasteiger partial charge on any atom is -0.455 e. The SMILES string of the molecule is Cc1nn(-c2ccccc2)c(C)c1CC(=O)OCC(=O)Nc1cccc(Cl)c1Cl. The summed E-state index contributed by atoms with van der Waals surface area (Å²) >= 11 is 11.9. The van der Waals surface area contributed by atoms with Crippen molar-refractivity contribution in [3.8, 4) is 5.69 Å². The minimum atomic E-state index is -0.517. The van der Waals surface area contributed by atoms with E-state index < -0.39 is 18.5 Å². The number of ether oxygens (including phenoxy) is 1. The normalized spacial score (nSPS) is 10.6. The highest BCUT2D eigenvalue weighted by Gasteiger charge is 2.18. The van der Waals surface area contributed by atoms with Crippen LogP contribution in [0.2, 0.25) is 10.0 Å². The molecule has 6 nitrogen and oxygen atoms in total. The van der Waals surface area contributed by atoms with E-state index in [2.05, 4.69) is 10.4 Å². The summed E-state index contributed by atoms with van der Waals surface area (Å²) < 4.78 is 6.89. The van der Waals surface area contributed by atoms with Gasteiger partial charge in [0.15, 0.2) is 6.61 Å². The van der Waals surface area contributed by atoms with Crippen molar-refractivity contribution in [1.82, 2.24) is 9.78 Å². The first-order valence-corrected chi connectivity index (χ1v) is 9.62. The lowest BCUT2D eigenvalue weighted by atomic mass is 10.1. The van der Waals surface area contributed by atoms with Crippen LogP contribution in [0.15, 0.2) is 48.5 Å². The molecule has 0 atom stereocenters. The van der Waals surface area contributed by atoms with Crippen LogP contribution >= 0.6 is 23.2 Å². The maximum atomic E-state index is 12.3. The second-order valence-electron chi connectivity index (χ2n) is 6.38. The predicted molar refractivity (Wildman–Crippen MR) is 113 cm³/mol. The van der Waals surface area contributed by atoms with Gasteiger partial charge >= 0.3 is 5.97 Å². The van der Waals surface area contributed by atoms with Crippen LogP contribution in [0.4, 0.5) is 5.69 Å². The van der Waals surface area contributed by atoms with E-state index in [1.807, 2.05) is 44.2 Å². The molecule has 0 saturated carbocycles. The van der Waals surface area contributed by atoms with Gasteiger partial charge in [-0.25, -0.2) is 4.68 Å². The first kappa shape index (κ1) is 20.9. The molecule has 2 aromatic carbocycles. The van der Waals surface area contributed by atoms with Crippen LogP contribution in [0.3, 0.4) is 0 Å². The largest absolute Gasteiger partial charge is 0.455 e. The number of aromatic nitrogens is 2. The molecule has 8 heteroatoms. The van der Waals surface area contributed by atoms with Crippen molar-refractivity contribution >= 4 is 40.8 Å². The Morgan fingerprint density at radius 1 is 1.07 bits per heavy atom. The van der Waals surface area contributed by atoms with Crippen molar-refractivity contribution in [3.63, 3.8) is 0 Å². The predicted octanol–water partition coefficient (Wildman–Crippen LogP) is 4.52. The first-order chi connectivity index (χ1) is 13.9.